The van der Waals surface area contributed by atoms with E-state index in [1.165, 1.54) is 11.6 Å². The molecule has 2 aliphatic rings. The monoisotopic (exact) mass is 469 g/mol. The molecule has 34 heavy (non-hydrogen) atoms. The van der Waals surface area contributed by atoms with Crippen molar-refractivity contribution in [2.24, 2.45) is 0 Å². The lowest BCUT2D eigenvalue weighted by Crippen LogP contribution is -2.48. The maximum absolute atomic E-state index is 13.9. The van der Waals surface area contributed by atoms with Crippen molar-refractivity contribution in [1.29, 1.82) is 0 Å². The highest BCUT2D eigenvalue weighted by Gasteiger charge is 2.47. The van der Waals surface area contributed by atoms with Crippen LogP contribution in [0.1, 0.15) is 40.1 Å². The number of hydrogen-bond acceptors (Lipinski definition) is 4. The molecular formula is C25H26F3N5O. The number of benzene rings is 2. The highest BCUT2D eigenvalue weighted by Crippen LogP contribution is 2.43. The normalized spacial score (nSPS) is 21.1. The third kappa shape index (κ3) is 4.65. The zero-order chi connectivity index (χ0) is 23.7. The van der Waals surface area contributed by atoms with Crippen molar-refractivity contribution in [3.8, 4) is 0 Å². The molecule has 0 spiro atoms. The van der Waals surface area contributed by atoms with E-state index in [0.29, 0.717) is 26.2 Å². The summed E-state index contributed by atoms with van der Waals surface area (Å²) in [4.78, 5) is 17.1. The molecule has 1 aromatic heterocycles. The van der Waals surface area contributed by atoms with Gasteiger partial charge in [0.15, 0.2) is 11.7 Å². The predicted molar refractivity (Wildman–Crippen MR) is 122 cm³/mol. The van der Waals surface area contributed by atoms with Crippen molar-refractivity contribution in [1.82, 2.24) is 19.6 Å². The summed E-state index contributed by atoms with van der Waals surface area (Å²) in [5.74, 6) is -0.117. The molecule has 2 aromatic carbocycles. The van der Waals surface area contributed by atoms with Crippen LogP contribution in [0.15, 0.2) is 66.7 Å². The van der Waals surface area contributed by atoms with E-state index >= 15 is 0 Å². The minimum absolute atomic E-state index is 0.0435. The number of rotatable bonds is 4. The number of aromatic nitrogens is 2. The van der Waals surface area contributed by atoms with E-state index in [4.69, 9.17) is 0 Å². The van der Waals surface area contributed by atoms with E-state index in [0.717, 1.165) is 16.8 Å². The summed E-state index contributed by atoms with van der Waals surface area (Å²) >= 11 is 0. The van der Waals surface area contributed by atoms with Crippen LogP contribution < -0.4 is 5.32 Å². The molecule has 0 saturated carbocycles. The first-order valence-corrected chi connectivity index (χ1v) is 11.4. The van der Waals surface area contributed by atoms with Crippen LogP contribution in [-0.4, -0.2) is 57.8 Å². The van der Waals surface area contributed by atoms with Gasteiger partial charge in [-0.25, -0.2) is 4.68 Å². The number of carbonyl (C=O) groups excluding carboxylic acids is 1. The Morgan fingerprint density at radius 2 is 1.62 bits per heavy atom. The SMILES string of the molecule is O=C(c1cc2n(n1)[C@@H](C(F)(F)F)C[C@@H](c1ccccc1)N2)N1CCN(Cc2ccccc2)CC1. The molecule has 3 aromatic rings. The second kappa shape index (κ2) is 9.13. The first kappa shape index (κ1) is 22.5. The van der Waals surface area contributed by atoms with Crippen LogP contribution >= 0.6 is 0 Å². The lowest BCUT2D eigenvalue weighted by Gasteiger charge is -2.34. The average Bonchev–Trinajstić information content (AvgIpc) is 3.28. The van der Waals surface area contributed by atoms with Gasteiger partial charge in [-0.1, -0.05) is 60.7 Å². The van der Waals surface area contributed by atoms with Gasteiger partial charge in [0.2, 0.25) is 0 Å². The van der Waals surface area contributed by atoms with E-state index in [1.54, 1.807) is 29.2 Å². The summed E-state index contributed by atoms with van der Waals surface area (Å²) in [5.41, 5.74) is 2.02. The Bertz CT molecular complexity index is 1120. The van der Waals surface area contributed by atoms with Crippen LogP contribution in [0.3, 0.4) is 0 Å². The van der Waals surface area contributed by atoms with Gasteiger partial charge < -0.3 is 10.2 Å². The lowest BCUT2D eigenvalue weighted by molar-refractivity contribution is -0.173. The standard InChI is InChI=1S/C25H26F3N5O/c26-25(27,28)22-15-20(19-9-5-2-6-10-19)29-23-16-21(30-33(22)23)24(34)32-13-11-31(12-14-32)17-18-7-3-1-4-8-18/h1-10,16,20,22,29H,11-15,17H2/t20-,22+/m0/s1. The summed E-state index contributed by atoms with van der Waals surface area (Å²) < 4.78 is 42.6. The Labute approximate surface area is 196 Å². The highest BCUT2D eigenvalue weighted by molar-refractivity contribution is 5.93. The first-order valence-electron chi connectivity index (χ1n) is 11.4. The van der Waals surface area contributed by atoms with Gasteiger partial charge in [-0.15, -0.1) is 0 Å². The Morgan fingerprint density at radius 3 is 2.26 bits per heavy atom. The van der Waals surface area contributed by atoms with Crippen molar-refractivity contribution < 1.29 is 18.0 Å². The van der Waals surface area contributed by atoms with Gasteiger partial charge in [0.1, 0.15) is 5.82 Å². The van der Waals surface area contributed by atoms with Gasteiger partial charge >= 0.3 is 6.18 Å². The van der Waals surface area contributed by atoms with Crippen molar-refractivity contribution in [3.05, 3.63) is 83.6 Å². The highest BCUT2D eigenvalue weighted by atomic mass is 19.4. The second-order valence-corrected chi connectivity index (χ2v) is 8.81. The molecule has 0 radical (unpaired) electrons. The van der Waals surface area contributed by atoms with Crippen molar-refractivity contribution in [2.45, 2.75) is 31.2 Å². The van der Waals surface area contributed by atoms with Crippen LogP contribution in [0.2, 0.25) is 0 Å². The molecule has 178 valence electrons. The van der Waals surface area contributed by atoms with Crippen LogP contribution in [0, 0.1) is 0 Å². The molecule has 1 fully saturated rings. The topological polar surface area (TPSA) is 53.4 Å². The van der Waals surface area contributed by atoms with Crippen molar-refractivity contribution in [2.75, 3.05) is 31.5 Å². The number of nitrogens with zero attached hydrogens (tertiary/aromatic N) is 4. The molecule has 1 N–H and O–H groups in total. The Hall–Kier alpha value is -3.33. The molecule has 3 heterocycles. The predicted octanol–water partition coefficient (Wildman–Crippen LogP) is 4.50. The molecule has 0 bridgehead atoms. The number of nitrogens with one attached hydrogen (secondary N) is 1. The molecule has 2 aliphatic heterocycles. The molecule has 0 aliphatic carbocycles. The fraction of sp³-hybridized carbons (Fsp3) is 0.360. The number of hydrogen-bond donors (Lipinski definition) is 1. The third-order valence-electron chi connectivity index (χ3n) is 6.52. The smallest absolute Gasteiger partial charge is 0.363 e. The van der Waals surface area contributed by atoms with Gasteiger partial charge in [-0.2, -0.15) is 18.3 Å². The van der Waals surface area contributed by atoms with E-state index < -0.39 is 18.3 Å². The molecule has 6 nitrogen and oxygen atoms in total. The number of amides is 1. The minimum Gasteiger partial charge on any atom is -0.363 e. The zero-order valence-corrected chi connectivity index (χ0v) is 18.6. The maximum Gasteiger partial charge on any atom is 0.410 e. The summed E-state index contributed by atoms with van der Waals surface area (Å²) in [6.07, 6.45) is -4.66. The number of anilines is 1. The fourth-order valence-corrected chi connectivity index (χ4v) is 4.69. The quantitative estimate of drug-likeness (QED) is 0.611. The Morgan fingerprint density at radius 1 is 0.971 bits per heavy atom. The first-order chi connectivity index (χ1) is 16.4. The minimum atomic E-state index is -4.47. The fourth-order valence-electron chi connectivity index (χ4n) is 4.69. The number of piperazine rings is 1. The summed E-state index contributed by atoms with van der Waals surface area (Å²) in [6, 6.07) is 18.3. The lowest BCUT2D eigenvalue weighted by atomic mass is 9.97. The van der Waals surface area contributed by atoms with E-state index in [1.807, 2.05) is 24.3 Å². The number of halogens is 3. The molecule has 9 heteroatoms. The van der Waals surface area contributed by atoms with Crippen molar-refractivity contribution in [3.63, 3.8) is 0 Å². The maximum atomic E-state index is 13.9. The average molecular weight is 470 g/mol. The molecule has 2 atom stereocenters. The van der Waals surface area contributed by atoms with Gasteiger partial charge in [0, 0.05) is 45.2 Å². The molecule has 1 amide bonds. The summed E-state index contributed by atoms with van der Waals surface area (Å²) in [7, 11) is 0. The molecule has 5 rings (SSSR count). The van der Waals surface area contributed by atoms with Gasteiger partial charge in [-0.3, -0.25) is 9.69 Å². The number of carbonyl (C=O) groups is 1. The summed E-state index contributed by atoms with van der Waals surface area (Å²) in [5, 5.41) is 7.27. The van der Waals surface area contributed by atoms with Crippen LogP contribution in [0.5, 0.6) is 0 Å². The second-order valence-electron chi connectivity index (χ2n) is 8.81. The van der Waals surface area contributed by atoms with Crippen LogP contribution in [0.25, 0.3) is 0 Å². The van der Waals surface area contributed by atoms with Gasteiger partial charge in [0.05, 0.1) is 6.04 Å². The molecule has 1 saturated heterocycles. The molecule has 0 unspecified atom stereocenters. The Balaban J connectivity index is 1.30. The largest absolute Gasteiger partial charge is 0.410 e. The van der Waals surface area contributed by atoms with E-state index in [-0.39, 0.29) is 23.8 Å². The number of fused-ring (bicyclic) bond motifs is 1. The van der Waals surface area contributed by atoms with Gasteiger partial charge in [0.25, 0.3) is 5.91 Å². The summed E-state index contributed by atoms with van der Waals surface area (Å²) in [6.45, 7) is 3.23. The zero-order valence-electron chi connectivity index (χ0n) is 18.6. The van der Waals surface area contributed by atoms with E-state index in [2.05, 4.69) is 27.4 Å². The van der Waals surface area contributed by atoms with Crippen LogP contribution in [0.4, 0.5) is 19.0 Å². The van der Waals surface area contributed by atoms with E-state index in [9.17, 15) is 18.0 Å². The van der Waals surface area contributed by atoms with Crippen LogP contribution in [-0.2, 0) is 6.54 Å². The van der Waals surface area contributed by atoms with Crippen molar-refractivity contribution >= 4 is 11.7 Å². The molecular weight excluding hydrogens is 443 g/mol. The van der Waals surface area contributed by atoms with Gasteiger partial charge in [-0.05, 0) is 11.1 Å². The Kier molecular flexibility index (Phi) is 6.03. The third-order valence-corrected chi connectivity index (χ3v) is 6.52. The number of alkyl halides is 3.